The van der Waals surface area contributed by atoms with Crippen LogP contribution in [-0.4, -0.2) is 29.6 Å². The van der Waals surface area contributed by atoms with E-state index in [0.717, 1.165) is 14.0 Å². The maximum absolute atomic E-state index is 13.2. The van der Waals surface area contributed by atoms with E-state index in [1.165, 1.54) is 47.0 Å². The summed E-state index contributed by atoms with van der Waals surface area (Å²) < 4.78 is 6.88. The second-order valence-electron chi connectivity index (χ2n) is 8.56. The molecule has 36 heavy (non-hydrogen) atoms. The molecule has 0 saturated carbocycles. The molecule has 7 nitrogen and oxygen atoms in total. The van der Waals surface area contributed by atoms with Crippen molar-refractivity contribution in [2.45, 2.75) is 27.2 Å². The van der Waals surface area contributed by atoms with Gasteiger partial charge in [0, 0.05) is 15.6 Å². The average Bonchev–Trinajstić information content (AvgIpc) is 2.79. The molecular weight excluding hydrogens is 571 g/mol. The highest BCUT2D eigenvalue weighted by Gasteiger charge is 2.36. The fraction of sp³-hybridized carbons (Fsp3) is 0.179. The van der Waals surface area contributed by atoms with Crippen LogP contribution >= 0.6 is 22.6 Å². The molecule has 8 heteroatoms. The summed E-state index contributed by atoms with van der Waals surface area (Å²) in [5.74, 6) is -0.853. The van der Waals surface area contributed by atoms with Crippen LogP contribution in [0.5, 0.6) is 11.5 Å². The lowest BCUT2D eigenvalue weighted by atomic mass is 9.98. The van der Waals surface area contributed by atoms with E-state index in [2.05, 4.69) is 60.0 Å². The number of amides is 4. The number of carbonyl (C=O) groups is 3. The minimum atomic E-state index is -0.846. The van der Waals surface area contributed by atoms with Crippen LogP contribution in [0, 0.1) is 17.4 Å². The van der Waals surface area contributed by atoms with E-state index < -0.39 is 17.8 Å². The van der Waals surface area contributed by atoms with E-state index >= 15 is 0 Å². The number of urea groups is 1. The van der Waals surface area contributed by atoms with Crippen LogP contribution in [0.15, 0.2) is 60.2 Å². The van der Waals surface area contributed by atoms with Crippen molar-refractivity contribution < 1.29 is 24.2 Å². The van der Waals surface area contributed by atoms with Gasteiger partial charge < -0.3 is 9.84 Å². The van der Waals surface area contributed by atoms with Gasteiger partial charge in [0.05, 0.1) is 12.3 Å². The molecule has 3 aromatic rings. The number of nitrogens with zero attached hydrogens (tertiary/aromatic N) is 1. The van der Waals surface area contributed by atoms with Gasteiger partial charge >= 0.3 is 6.03 Å². The van der Waals surface area contributed by atoms with Crippen LogP contribution in [0.4, 0.5) is 10.5 Å². The summed E-state index contributed by atoms with van der Waals surface area (Å²) in [6.07, 6.45) is 2.14. The number of barbiturate groups is 1. The number of benzene rings is 3. The van der Waals surface area contributed by atoms with Gasteiger partial charge in [0.25, 0.3) is 11.8 Å². The van der Waals surface area contributed by atoms with Crippen LogP contribution in [-0.2, 0) is 16.0 Å². The number of hydrogen-bond donors (Lipinski definition) is 2. The first kappa shape index (κ1) is 25.4. The van der Waals surface area contributed by atoms with Gasteiger partial charge in [-0.3, -0.25) is 14.9 Å². The molecule has 1 heterocycles. The fourth-order valence-corrected chi connectivity index (χ4v) is 5.02. The zero-order valence-corrected chi connectivity index (χ0v) is 22.3. The topological polar surface area (TPSA) is 95.9 Å². The molecule has 0 bridgehead atoms. The number of aryl methyl sites for hydroxylation is 2. The Labute approximate surface area is 222 Å². The smallest absolute Gasteiger partial charge is 0.335 e. The van der Waals surface area contributed by atoms with Crippen molar-refractivity contribution in [2.24, 2.45) is 0 Å². The Hall–Kier alpha value is -3.66. The van der Waals surface area contributed by atoms with E-state index in [4.69, 9.17) is 4.74 Å². The second kappa shape index (κ2) is 10.5. The molecule has 1 saturated heterocycles. The number of imide groups is 2. The van der Waals surface area contributed by atoms with Crippen LogP contribution in [0.3, 0.4) is 0 Å². The van der Waals surface area contributed by atoms with Crippen molar-refractivity contribution in [3.63, 3.8) is 0 Å². The summed E-state index contributed by atoms with van der Waals surface area (Å²) in [7, 11) is 0. The molecule has 0 aliphatic carbocycles. The van der Waals surface area contributed by atoms with E-state index in [-0.39, 0.29) is 17.0 Å². The lowest BCUT2D eigenvalue weighted by Crippen LogP contribution is -2.54. The standard InChI is InChI=1S/C28H25IN2O5/c1-4-36-25-15-19(14-24(29)22(25)12-18-10-16(2)9-17(3)11-18)13-23-26(33)30-28(35)31(27(23)34)20-5-7-21(32)8-6-20/h5-11,13-15,32H,4,12H2,1-3H3,(H,30,33,35)/b23-13+. The molecule has 1 aliphatic heterocycles. The predicted molar refractivity (Wildman–Crippen MR) is 146 cm³/mol. The van der Waals surface area contributed by atoms with Crippen LogP contribution in [0.1, 0.15) is 34.7 Å². The molecular formula is C28H25IN2O5. The molecule has 184 valence electrons. The van der Waals surface area contributed by atoms with Gasteiger partial charge in [-0.1, -0.05) is 29.3 Å². The zero-order chi connectivity index (χ0) is 26.0. The number of anilines is 1. The molecule has 0 aromatic heterocycles. The molecule has 0 radical (unpaired) electrons. The lowest BCUT2D eigenvalue weighted by Gasteiger charge is -2.26. The number of halogens is 1. The molecule has 0 atom stereocenters. The molecule has 3 aromatic carbocycles. The molecule has 4 amide bonds. The number of aromatic hydroxyl groups is 1. The Bertz CT molecular complexity index is 1380. The highest BCUT2D eigenvalue weighted by molar-refractivity contribution is 14.1. The highest BCUT2D eigenvalue weighted by Crippen LogP contribution is 2.31. The fourth-order valence-electron chi connectivity index (χ4n) is 4.21. The maximum atomic E-state index is 13.2. The predicted octanol–water partition coefficient (Wildman–Crippen LogP) is 5.27. The Morgan fingerprint density at radius 1 is 1.00 bits per heavy atom. The molecule has 1 aliphatic rings. The van der Waals surface area contributed by atoms with Gasteiger partial charge in [-0.2, -0.15) is 0 Å². The van der Waals surface area contributed by atoms with Gasteiger partial charge in [-0.25, -0.2) is 9.69 Å². The van der Waals surface area contributed by atoms with Crippen LogP contribution < -0.4 is 15.0 Å². The summed E-state index contributed by atoms with van der Waals surface area (Å²) in [6, 6.07) is 14.8. The Morgan fingerprint density at radius 3 is 2.31 bits per heavy atom. The number of carbonyl (C=O) groups excluding carboxylic acids is 3. The van der Waals surface area contributed by atoms with Gasteiger partial charge in [-0.05, 0) is 97.0 Å². The number of phenols is 1. The molecule has 4 rings (SSSR count). The molecule has 0 spiro atoms. The third-order valence-electron chi connectivity index (χ3n) is 5.66. The molecule has 0 unspecified atom stereocenters. The lowest BCUT2D eigenvalue weighted by molar-refractivity contribution is -0.122. The number of ether oxygens (including phenoxy) is 1. The van der Waals surface area contributed by atoms with E-state index in [1.54, 1.807) is 6.07 Å². The normalized spacial score (nSPS) is 14.8. The van der Waals surface area contributed by atoms with Crippen LogP contribution in [0.25, 0.3) is 6.08 Å². The van der Waals surface area contributed by atoms with E-state index in [1.807, 2.05) is 13.0 Å². The maximum Gasteiger partial charge on any atom is 0.335 e. The molecule has 1 fully saturated rings. The van der Waals surface area contributed by atoms with Crippen molar-refractivity contribution in [3.05, 3.63) is 91.6 Å². The Morgan fingerprint density at radius 2 is 1.67 bits per heavy atom. The monoisotopic (exact) mass is 596 g/mol. The van der Waals surface area contributed by atoms with Crippen molar-refractivity contribution in [1.82, 2.24) is 5.32 Å². The van der Waals surface area contributed by atoms with E-state index in [9.17, 15) is 19.5 Å². The van der Waals surface area contributed by atoms with Crippen molar-refractivity contribution >= 4 is 52.2 Å². The summed E-state index contributed by atoms with van der Waals surface area (Å²) in [6.45, 7) is 6.49. The minimum absolute atomic E-state index is 0.00518. The Kier molecular flexibility index (Phi) is 7.44. The second-order valence-corrected chi connectivity index (χ2v) is 9.72. The summed E-state index contributed by atoms with van der Waals surface area (Å²) in [4.78, 5) is 39.1. The Balaban J connectivity index is 1.72. The number of rotatable bonds is 6. The van der Waals surface area contributed by atoms with Crippen LogP contribution in [0.2, 0.25) is 0 Å². The van der Waals surface area contributed by atoms with Gasteiger partial charge in [0.1, 0.15) is 17.1 Å². The average molecular weight is 596 g/mol. The minimum Gasteiger partial charge on any atom is -0.508 e. The highest BCUT2D eigenvalue weighted by atomic mass is 127. The largest absolute Gasteiger partial charge is 0.508 e. The number of nitrogens with one attached hydrogen (secondary N) is 1. The number of phenolic OH excluding ortho intramolecular Hbond substituents is 1. The third-order valence-corrected chi connectivity index (χ3v) is 6.62. The van der Waals surface area contributed by atoms with Gasteiger partial charge in [0.2, 0.25) is 0 Å². The van der Waals surface area contributed by atoms with E-state index in [0.29, 0.717) is 24.3 Å². The zero-order valence-electron chi connectivity index (χ0n) is 20.1. The summed E-state index contributed by atoms with van der Waals surface area (Å²) >= 11 is 2.24. The molecule has 2 N–H and O–H groups in total. The number of hydrogen-bond acceptors (Lipinski definition) is 5. The first-order valence-electron chi connectivity index (χ1n) is 11.4. The third kappa shape index (κ3) is 5.43. The summed E-state index contributed by atoms with van der Waals surface area (Å²) in [5.41, 5.74) is 5.23. The summed E-state index contributed by atoms with van der Waals surface area (Å²) in [5, 5.41) is 11.7. The SMILES string of the molecule is CCOc1cc(/C=C2\C(=O)NC(=O)N(c3ccc(O)cc3)C2=O)cc(I)c1Cc1cc(C)cc(C)c1. The van der Waals surface area contributed by atoms with Gasteiger partial charge in [-0.15, -0.1) is 0 Å². The van der Waals surface area contributed by atoms with Gasteiger partial charge in [0.15, 0.2) is 0 Å². The first-order chi connectivity index (χ1) is 17.2. The van der Waals surface area contributed by atoms with Crippen molar-refractivity contribution in [2.75, 3.05) is 11.5 Å². The quantitative estimate of drug-likeness (QED) is 0.230. The first-order valence-corrected chi connectivity index (χ1v) is 12.5. The van der Waals surface area contributed by atoms with Crippen molar-refractivity contribution in [3.8, 4) is 11.5 Å². The van der Waals surface area contributed by atoms with Crippen molar-refractivity contribution in [1.29, 1.82) is 0 Å².